The molecular weight excluding hydrogens is 273 g/mol. The van der Waals surface area contributed by atoms with E-state index in [0.29, 0.717) is 5.56 Å². The molecule has 0 saturated carbocycles. The quantitative estimate of drug-likeness (QED) is 0.699. The van der Waals surface area contributed by atoms with Gasteiger partial charge in [-0.1, -0.05) is 11.8 Å². The molecule has 0 bridgehead atoms. The highest BCUT2D eigenvalue weighted by Crippen LogP contribution is 2.14. The van der Waals surface area contributed by atoms with Crippen molar-refractivity contribution in [2.45, 2.75) is 13.8 Å². The van der Waals surface area contributed by atoms with Gasteiger partial charge in [-0.2, -0.15) is 0 Å². The van der Waals surface area contributed by atoms with Crippen LogP contribution in [0.5, 0.6) is 0 Å². The number of carbonyl (C=O) groups excluding carboxylic acids is 2. The van der Waals surface area contributed by atoms with Gasteiger partial charge >= 0.3 is 0 Å². The fourth-order valence-corrected chi connectivity index (χ4v) is 1.41. The summed E-state index contributed by atoms with van der Waals surface area (Å²) in [4.78, 5) is 23.2. The second-order valence-electron chi connectivity index (χ2n) is 5.13. The molecule has 5 nitrogen and oxygen atoms in total. The predicted octanol–water partition coefficient (Wildman–Crippen LogP) is 0.377. The number of amides is 2. The zero-order chi connectivity index (χ0) is 16.0. The number of rotatable bonds is 4. The Hall–Kier alpha value is -2.39. The summed E-state index contributed by atoms with van der Waals surface area (Å²) in [6.45, 7) is 3.37. The number of benzene rings is 1. The van der Waals surface area contributed by atoms with Crippen molar-refractivity contribution >= 4 is 11.8 Å². The van der Waals surface area contributed by atoms with Crippen LogP contribution in [0.1, 0.15) is 29.8 Å². The van der Waals surface area contributed by atoms with Gasteiger partial charge in [-0.05, 0) is 32.0 Å². The molecule has 0 saturated heterocycles. The molecule has 0 radical (unpaired) electrons. The van der Waals surface area contributed by atoms with Gasteiger partial charge in [-0.25, -0.2) is 4.39 Å². The summed E-state index contributed by atoms with van der Waals surface area (Å²) in [6, 6.07) is 3.96. The molecule has 0 aliphatic rings. The van der Waals surface area contributed by atoms with E-state index in [-0.39, 0.29) is 18.7 Å². The monoisotopic (exact) mass is 291 g/mol. The Labute approximate surface area is 122 Å². The number of carbonyl (C=O) groups is 2. The number of nitrogens with one attached hydrogen (secondary N) is 1. The minimum absolute atomic E-state index is 0.0132. The van der Waals surface area contributed by atoms with Gasteiger partial charge < -0.3 is 16.8 Å². The largest absolute Gasteiger partial charge is 0.369 e. The molecule has 5 N–H and O–H groups in total. The van der Waals surface area contributed by atoms with E-state index in [1.54, 1.807) is 13.8 Å². The van der Waals surface area contributed by atoms with Crippen LogP contribution in [0.15, 0.2) is 18.2 Å². The summed E-state index contributed by atoms with van der Waals surface area (Å²) in [5.74, 6) is 3.50. The van der Waals surface area contributed by atoms with Gasteiger partial charge in [-0.3, -0.25) is 9.59 Å². The fourth-order valence-electron chi connectivity index (χ4n) is 1.41. The Morgan fingerprint density at radius 1 is 1.38 bits per heavy atom. The number of nitrogens with two attached hydrogens (primary N) is 2. The van der Waals surface area contributed by atoms with Gasteiger partial charge in [0.15, 0.2) is 0 Å². The highest BCUT2D eigenvalue weighted by Gasteiger charge is 2.26. The molecule has 2 amide bonds. The molecule has 0 atom stereocenters. The first-order valence-electron chi connectivity index (χ1n) is 6.34. The van der Waals surface area contributed by atoms with E-state index in [4.69, 9.17) is 11.5 Å². The molecule has 1 rings (SSSR count). The van der Waals surface area contributed by atoms with Gasteiger partial charge in [0.05, 0.1) is 17.5 Å². The van der Waals surface area contributed by atoms with Crippen molar-refractivity contribution in [1.82, 2.24) is 5.32 Å². The van der Waals surface area contributed by atoms with Gasteiger partial charge in [0.25, 0.3) is 5.91 Å². The molecule has 21 heavy (non-hydrogen) atoms. The Kier molecular flexibility index (Phi) is 5.44. The lowest BCUT2D eigenvalue weighted by atomic mass is 9.92. The molecule has 0 aliphatic heterocycles. The van der Waals surface area contributed by atoms with E-state index >= 15 is 0 Å². The summed E-state index contributed by atoms with van der Waals surface area (Å²) in [5, 5.41) is 2.49. The van der Waals surface area contributed by atoms with Crippen LogP contribution in [-0.2, 0) is 4.79 Å². The second-order valence-corrected chi connectivity index (χ2v) is 5.13. The predicted molar refractivity (Wildman–Crippen MR) is 77.6 cm³/mol. The minimum atomic E-state index is -0.914. The highest BCUT2D eigenvalue weighted by molar-refractivity contribution is 5.95. The molecule has 1 aromatic carbocycles. The Morgan fingerprint density at radius 2 is 2.05 bits per heavy atom. The third-order valence-corrected chi connectivity index (χ3v) is 2.90. The molecule has 0 unspecified atom stereocenters. The van der Waals surface area contributed by atoms with Gasteiger partial charge in [0.2, 0.25) is 5.91 Å². The van der Waals surface area contributed by atoms with Gasteiger partial charge in [-0.15, -0.1) is 0 Å². The smallest absolute Gasteiger partial charge is 0.254 e. The Balaban J connectivity index is 2.89. The SMILES string of the molecule is CC(C)(CNC(=O)c1cc(C#CCN)ccc1F)C(N)=O. The van der Waals surface area contributed by atoms with Crippen molar-refractivity contribution in [3.63, 3.8) is 0 Å². The van der Waals surface area contributed by atoms with Crippen LogP contribution in [0.4, 0.5) is 4.39 Å². The summed E-state index contributed by atoms with van der Waals surface area (Å²) < 4.78 is 13.7. The first-order chi connectivity index (χ1) is 9.77. The van der Waals surface area contributed by atoms with Crippen LogP contribution in [0.25, 0.3) is 0 Å². The zero-order valence-corrected chi connectivity index (χ0v) is 12.0. The maximum atomic E-state index is 13.7. The first-order valence-corrected chi connectivity index (χ1v) is 6.34. The number of primary amides is 1. The van der Waals surface area contributed by atoms with E-state index in [1.165, 1.54) is 12.1 Å². The molecule has 112 valence electrons. The minimum Gasteiger partial charge on any atom is -0.369 e. The molecule has 0 heterocycles. The maximum absolute atomic E-state index is 13.7. The van der Waals surface area contributed by atoms with Crippen LogP contribution >= 0.6 is 0 Å². The Morgan fingerprint density at radius 3 is 2.62 bits per heavy atom. The Bertz CT molecular complexity index is 615. The van der Waals surface area contributed by atoms with E-state index < -0.39 is 23.0 Å². The normalized spacial score (nSPS) is 10.5. The molecular formula is C15H18FN3O2. The van der Waals surface area contributed by atoms with Gasteiger partial charge in [0, 0.05) is 12.1 Å². The van der Waals surface area contributed by atoms with Crippen molar-refractivity contribution in [2.24, 2.45) is 16.9 Å². The van der Waals surface area contributed by atoms with Crippen molar-refractivity contribution in [3.8, 4) is 11.8 Å². The number of hydrogen-bond acceptors (Lipinski definition) is 3. The van der Waals surface area contributed by atoms with E-state index in [2.05, 4.69) is 17.2 Å². The third-order valence-electron chi connectivity index (χ3n) is 2.90. The van der Waals surface area contributed by atoms with E-state index in [1.807, 2.05) is 0 Å². The summed E-state index contributed by atoms with van der Waals surface area (Å²) in [5.41, 5.74) is 9.90. The molecule has 0 fully saturated rings. The summed E-state index contributed by atoms with van der Waals surface area (Å²) >= 11 is 0. The molecule has 1 aromatic rings. The average Bonchev–Trinajstić information content (AvgIpc) is 2.43. The summed E-state index contributed by atoms with van der Waals surface area (Å²) in [6.07, 6.45) is 0. The van der Waals surface area contributed by atoms with E-state index in [0.717, 1.165) is 6.07 Å². The molecule has 0 aromatic heterocycles. The molecule has 0 spiro atoms. The van der Waals surface area contributed by atoms with Crippen molar-refractivity contribution in [3.05, 3.63) is 35.1 Å². The lowest BCUT2D eigenvalue weighted by molar-refractivity contribution is -0.125. The van der Waals surface area contributed by atoms with Crippen molar-refractivity contribution in [2.75, 3.05) is 13.1 Å². The lowest BCUT2D eigenvalue weighted by Gasteiger charge is -2.20. The van der Waals surface area contributed by atoms with Crippen molar-refractivity contribution in [1.29, 1.82) is 0 Å². The van der Waals surface area contributed by atoms with Crippen LogP contribution in [-0.4, -0.2) is 24.9 Å². The van der Waals surface area contributed by atoms with Crippen LogP contribution in [0.2, 0.25) is 0 Å². The lowest BCUT2D eigenvalue weighted by Crippen LogP contribution is -2.42. The third kappa shape index (κ3) is 4.58. The number of halogens is 1. The van der Waals surface area contributed by atoms with Crippen LogP contribution in [0.3, 0.4) is 0 Å². The van der Waals surface area contributed by atoms with E-state index in [9.17, 15) is 14.0 Å². The second kappa shape index (κ2) is 6.86. The zero-order valence-electron chi connectivity index (χ0n) is 12.0. The maximum Gasteiger partial charge on any atom is 0.254 e. The molecule has 6 heteroatoms. The average molecular weight is 291 g/mol. The summed E-state index contributed by atoms with van der Waals surface area (Å²) in [7, 11) is 0. The van der Waals surface area contributed by atoms with Crippen LogP contribution in [0, 0.1) is 23.1 Å². The van der Waals surface area contributed by atoms with Crippen LogP contribution < -0.4 is 16.8 Å². The van der Waals surface area contributed by atoms with Crippen molar-refractivity contribution < 1.29 is 14.0 Å². The number of hydrogen-bond donors (Lipinski definition) is 3. The topological polar surface area (TPSA) is 98.2 Å². The fraction of sp³-hybridized carbons (Fsp3) is 0.333. The molecule has 0 aliphatic carbocycles. The highest BCUT2D eigenvalue weighted by atomic mass is 19.1. The standard InChI is InChI=1S/C15H18FN3O2/c1-15(2,14(18)21)9-19-13(20)11-8-10(4-3-7-17)5-6-12(11)16/h5-6,8H,7,9,17H2,1-2H3,(H2,18,21)(H,19,20). The van der Waals surface area contributed by atoms with Gasteiger partial charge in [0.1, 0.15) is 5.82 Å². The first kappa shape index (κ1) is 16.7.